The Kier molecular flexibility index (Phi) is 5.21. The smallest absolute Gasteiger partial charge is 0.000823 e. The Morgan fingerprint density at radius 2 is 2.17 bits per heavy atom. The Morgan fingerprint density at radius 3 is 2.89 bits per heavy atom. The highest BCUT2D eigenvalue weighted by Gasteiger charge is 2.11. The number of hydrogen-bond donors (Lipinski definition) is 2. The number of benzene rings is 1. The van der Waals surface area contributed by atoms with Crippen LogP contribution >= 0.6 is 0 Å². The summed E-state index contributed by atoms with van der Waals surface area (Å²) in [7, 11) is 0. The summed E-state index contributed by atoms with van der Waals surface area (Å²) in [4.78, 5) is 0. The van der Waals surface area contributed by atoms with Gasteiger partial charge in [0.1, 0.15) is 0 Å². The molecule has 1 atom stereocenters. The third-order valence-electron chi connectivity index (χ3n) is 3.99. The first-order valence-electron chi connectivity index (χ1n) is 7.23. The van der Waals surface area contributed by atoms with Crippen molar-refractivity contribution in [2.45, 2.75) is 33.1 Å². The van der Waals surface area contributed by atoms with Gasteiger partial charge in [-0.05, 0) is 81.9 Å². The van der Waals surface area contributed by atoms with Crippen LogP contribution in [0.4, 0.5) is 0 Å². The van der Waals surface area contributed by atoms with Crippen LogP contribution in [0.1, 0.15) is 29.5 Å². The number of aryl methyl sites for hydroxylation is 2. The molecule has 18 heavy (non-hydrogen) atoms. The molecule has 0 amide bonds. The summed E-state index contributed by atoms with van der Waals surface area (Å²) in [6.07, 6.45) is 3.86. The van der Waals surface area contributed by atoms with Crippen molar-refractivity contribution >= 4 is 0 Å². The average Bonchev–Trinajstić information content (AvgIpc) is 2.40. The van der Waals surface area contributed by atoms with Gasteiger partial charge in [-0.15, -0.1) is 0 Å². The molecule has 1 unspecified atom stereocenters. The molecule has 0 saturated carbocycles. The van der Waals surface area contributed by atoms with Crippen molar-refractivity contribution < 1.29 is 0 Å². The molecule has 1 aliphatic heterocycles. The molecule has 1 saturated heterocycles. The molecule has 0 spiro atoms. The second kappa shape index (κ2) is 6.91. The molecule has 1 aromatic rings. The Labute approximate surface area is 111 Å². The van der Waals surface area contributed by atoms with E-state index in [2.05, 4.69) is 42.7 Å². The summed E-state index contributed by atoms with van der Waals surface area (Å²) >= 11 is 0. The lowest BCUT2D eigenvalue weighted by molar-refractivity contribution is 0.361. The van der Waals surface area contributed by atoms with E-state index in [1.165, 1.54) is 42.6 Å². The predicted molar refractivity (Wildman–Crippen MR) is 78.1 cm³/mol. The molecular formula is C16H26N2. The monoisotopic (exact) mass is 246 g/mol. The van der Waals surface area contributed by atoms with Crippen LogP contribution in [0, 0.1) is 19.8 Å². The molecule has 1 aliphatic rings. The molecule has 2 rings (SSSR count). The topological polar surface area (TPSA) is 24.1 Å². The highest BCUT2D eigenvalue weighted by molar-refractivity contribution is 5.29. The maximum Gasteiger partial charge on any atom is -0.000823 e. The van der Waals surface area contributed by atoms with Crippen molar-refractivity contribution in [3.05, 3.63) is 34.9 Å². The zero-order chi connectivity index (χ0) is 12.8. The molecule has 1 heterocycles. The first kappa shape index (κ1) is 13.6. The Morgan fingerprint density at radius 1 is 1.28 bits per heavy atom. The van der Waals surface area contributed by atoms with Crippen molar-refractivity contribution in [2.75, 3.05) is 26.2 Å². The van der Waals surface area contributed by atoms with Crippen LogP contribution in [-0.4, -0.2) is 26.2 Å². The first-order chi connectivity index (χ1) is 8.75. The first-order valence-corrected chi connectivity index (χ1v) is 7.23. The van der Waals surface area contributed by atoms with Gasteiger partial charge in [0.25, 0.3) is 0 Å². The van der Waals surface area contributed by atoms with Gasteiger partial charge in [-0.2, -0.15) is 0 Å². The molecule has 100 valence electrons. The lowest BCUT2D eigenvalue weighted by Crippen LogP contribution is -2.36. The second-order valence-electron chi connectivity index (χ2n) is 5.59. The van der Waals surface area contributed by atoms with Gasteiger partial charge in [-0.1, -0.05) is 18.2 Å². The lowest BCUT2D eigenvalue weighted by Gasteiger charge is -2.22. The van der Waals surface area contributed by atoms with E-state index in [1.54, 1.807) is 0 Å². The van der Waals surface area contributed by atoms with Crippen LogP contribution in [0.2, 0.25) is 0 Å². The van der Waals surface area contributed by atoms with E-state index < -0.39 is 0 Å². The van der Waals surface area contributed by atoms with Crippen LogP contribution in [0.5, 0.6) is 0 Å². The Hall–Kier alpha value is -0.860. The van der Waals surface area contributed by atoms with Gasteiger partial charge in [0.15, 0.2) is 0 Å². The molecule has 0 bridgehead atoms. The van der Waals surface area contributed by atoms with Crippen LogP contribution in [-0.2, 0) is 6.42 Å². The number of nitrogens with one attached hydrogen (secondary N) is 2. The predicted octanol–water partition coefficient (Wildman–Crippen LogP) is 2.44. The fraction of sp³-hybridized carbons (Fsp3) is 0.625. The summed E-state index contributed by atoms with van der Waals surface area (Å²) in [5, 5.41) is 7.06. The Bertz CT molecular complexity index is 367. The van der Waals surface area contributed by atoms with Gasteiger partial charge >= 0.3 is 0 Å². The summed E-state index contributed by atoms with van der Waals surface area (Å²) < 4.78 is 0. The molecule has 2 nitrogen and oxygen atoms in total. The van der Waals surface area contributed by atoms with Gasteiger partial charge in [-0.3, -0.25) is 0 Å². The van der Waals surface area contributed by atoms with E-state index in [-0.39, 0.29) is 0 Å². The van der Waals surface area contributed by atoms with Gasteiger partial charge in [0.05, 0.1) is 0 Å². The fourth-order valence-corrected chi connectivity index (χ4v) is 2.60. The molecule has 0 aliphatic carbocycles. The van der Waals surface area contributed by atoms with Crippen LogP contribution in [0.25, 0.3) is 0 Å². The summed E-state index contributed by atoms with van der Waals surface area (Å²) in [5.74, 6) is 0.832. The Balaban J connectivity index is 1.66. The summed E-state index contributed by atoms with van der Waals surface area (Å²) in [6.45, 7) is 9.03. The third-order valence-corrected chi connectivity index (χ3v) is 3.99. The van der Waals surface area contributed by atoms with E-state index in [1.807, 2.05) is 0 Å². The summed E-state index contributed by atoms with van der Waals surface area (Å²) in [6, 6.07) is 6.81. The van der Waals surface area contributed by atoms with Crippen LogP contribution in [0.3, 0.4) is 0 Å². The molecule has 2 N–H and O–H groups in total. The zero-order valence-corrected chi connectivity index (χ0v) is 11.8. The maximum absolute atomic E-state index is 3.60. The molecule has 2 heteroatoms. The zero-order valence-electron chi connectivity index (χ0n) is 11.8. The normalized spacial score (nSPS) is 20.0. The van der Waals surface area contributed by atoms with Crippen molar-refractivity contribution in [1.29, 1.82) is 0 Å². The minimum Gasteiger partial charge on any atom is -0.316 e. The van der Waals surface area contributed by atoms with Crippen molar-refractivity contribution in [3.8, 4) is 0 Å². The number of piperidine rings is 1. The largest absolute Gasteiger partial charge is 0.316 e. The SMILES string of the molecule is Cc1ccc(CCNCC2CCCNC2)cc1C. The minimum absolute atomic E-state index is 0.832. The number of rotatable bonds is 5. The van der Waals surface area contributed by atoms with Crippen LogP contribution < -0.4 is 10.6 Å². The van der Waals surface area contributed by atoms with Gasteiger partial charge in [-0.25, -0.2) is 0 Å². The molecule has 0 radical (unpaired) electrons. The molecule has 1 aromatic carbocycles. The van der Waals surface area contributed by atoms with Gasteiger partial charge in [0.2, 0.25) is 0 Å². The average molecular weight is 246 g/mol. The maximum atomic E-state index is 3.60. The summed E-state index contributed by atoms with van der Waals surface area (Å²) in [5.41, 5.74) is 4.25. The lowest BCUT2D eigenvalue weighted by atomic mass is 9.99. The molecular weight excluding hydrogens is 220 g/mol. The highest BCUT2D eigenvalue weighted by Crippen LogP contribution is 2.10. The quantitative estimate of drug-likeness (QED) is 0.780. The van der Waals surface area contributed by atoms with E-state index in [9.17, 15) is 0 Å². The van der Waals surface area contributed by atoms with Crippen LogP contribution in [0.15, 0.2) is 18.2 Å². The standard InChI is InChI=1S/C16H26N2/c1-13-5-6-15(10-14(13)2)7-9-18-12-16-4-3-8-17-11-16/h5-6,10,16-18H,3-4,7-9,11-12H2,1-2H3. The van der Waals surface area contributed by atoms with E-state index in [0.29, 0.717) is 0 Å². The fourth-order valence-electron chi connectivity index (χ4n) is 2.60. The van der Waals surface area contributed by atoms with Gasteiger partial charge in [0, 0.05) is 0 Å². The second-order valence-corrected chi connectivity index (χ2v) is 5.59. The van der Waals surface area contributed by atoms with E-state index in [4.69, 9.17) is 0 Å². The van der Waals surface area contributed by atoms with E-state index >= 15 is 0 Å². The van der Waals surface area contributed by atoms with E-state index in [0.717, 1.165) is 25.4 Å². The minimum atomic E-state index is 0.832. The highest BCUT2D eigenvalue weighted by atomic mass is 14.9. The van der Waals surface area contributed by atoms with Crippen molar-refractivity contribution in [3.63, 3.8) is 0 Å². The van der Waals surface area contributed by atoms with Crippen molar-refractivity contribution in [1.82, 2.24) is 10.6 Å². The molecule has 0 aromatic heterocycles. The number of hydrogen-bond acceptors (Lipinski definition) is 2. The van der Waals surface area contributed by atoms with Crippen molar-refractivity contribution in [2.24, 2.45) is 5.92 Å². The molecule has 1 fully saturated rings. The van der Waals surface area contributed by atoms with Gasteiger partial charge < -0.3 is 10.6 Å². The third kappa shape index (κ3) is 4.11.